The van der Waals surface area contributed by atoms with Gasteiger partial charge >= 0.3 is 5.97 Å². The average Bonchev–Trinajstić information content (AvgIpc) is 3.02. The molecule has 0 unspecified atom stereocenters. The highest BCUT2D eigenvalue weighted by atomic mass is 19.1. The molecule has 4 aromatic carbocycles. The maximum atomic E-state index is 13.9. The first kappa shape index (κ1) is 31.9. The molecule has 4 rings (SSSR count). The van der Waals surface area contributed by atoms with Gasteiger partial charge in [0.1, 0.15) is 24.2 Å². The molecule has 0 bridgehead atoms. The van der Waals surface area contributed by atoms with Crippen molar-refractivity contribution in [2.45, 2.75) is 33.2 Å². The minimum Gasteiger partial charge on any atom is -0.492 e. The van der Waals surface area contributed by atoms with E-state index in [4.69, 9.17) is 9.47 Å². The molecule has 1 N–H and O–H groups in total. The second-order valence-corrected chi connectivity index (χ2v) is 11.3. The van der Waals surface area contributed by atoms with Crippen LogP contribution in [0.15, 0.2) is 103 Å². The first-order valence-electron chi connectivity index (χ1n) is 14.4. The van der Waals surface area contributed by atoms with Crippen LogP contribution in [0.1, 0.15) is 42.3 Å². The van der Waals surface area contributed by atoms with Crippen LogP contribution in [0.3, 0.4) is 0 Å². The van der Waals surface area contributed by atoms with Crippen LogP contribution in [0.5, 0.6) is 5.75 Å². The Hall–Kier alpha value is -4.98. The van der Waals surface area contributed by atoms with Gasteiger partial charge in [-0.1, -0.05) is 81.4 Å². The molecule has 1 atom stereocenters. The fraction of sp³-hybridized carbons (Fsp3) is 0.250. The van der Waals surface area contributed by atoms with E-state index in [1.807, 2.05) is 39.0 Å². The highest BCUT2D eigenvalue weighted by Crippen LogP contribution is 2.25. The van der Waals surface area contributed by atoms with E-state index in [1.54, 1.807) is 72.8 Å². The van der Waals surface area contributed by atoms with Gasteiger partial charge in [0.25, 0.3) is 0 Å². The molecule has 0 aliphatic rings. The predicted octanol–water partition coefficient (Wildman–Crippen LogP) is 6.71. The zero-order valence-electron chi connectivity index (χ0n) is 25.4. The van der Waals surface area contributed by atoms with Gasteiger partial charge in [-0.05, 0) is 48.0 Å². The SMILES string of the molecule is COC(=O)[C@H](Cc1ccc(OCCN(C(=O)C(C)(C)C)c2cccc(F)c2)cc1)Nc1ccccc1C(=O)c1ccccc1. The Balaban J connectivity index is 1.43. The Morgan fingerprint density at radius 3 is 2.20 bits per heavy atom. The Morgan fingerprint density at radius 2 is 1.55 bits per heavy atom. The van der Waals surface area contributed by atoms with E-state index in [0.29, 0.717) is 34.7 Å². The third kappa shape index (κ3) is 8.31. The van der Waals surface area contributed by atoms with Crippen molar-refractivity contribution in [1.29, 1.82) is 0 Å². The van der Waals surface area contributed by atoms with E-state index in [2.05, 4.69) is 5.32 Å². The normalized spacial score (nSPS) is 11.8. The third-order valence-corrected chi connectivity index (χ3v) is 6.98. The molecular weight excluding hydrogens is 559 g/mol. The Kier molecular flexibility index (Phi) is 10.5. The lowest BCUT2D eigenvalue weighted by atomic mass is 9.94. The standard InChI is InChI=1S/C36H37FN2O5/c1-36(2,3)35(42)39(28-14-10-13-27(37)24-28)21-22-44-29-19-17-25(18-20-29)23-32(34(41)43-4)38-31-16-9-8-15-30(31)33(40)26-11-6-5-7-12-26/h5-20,24,32,38H,21-23H2,1-4H3/t32-/m0/s1. The second kappa shape index (κ2) is 14.5. The molecule has 44 heavy (non-hydrogen) atoms. The fourth-order valence-electron chi connectivity index (χ4n) is 4.68. The van der Waals surface area contributed by atoms with E-state index < -0.39 is 23.2 Å². The van der Waals surface area contributed by atoms with Crippen molar-refractivity contribution in [2.24, 2.45) is 5.41 Å². The molecule has 0 radical (unpaired) electrons. The summed E-state index contributed by atoms with van der Waals surface area (Å²) in [5.74, 6) is -0.600. The summed E-state index contributed by atoms with van der Waals surface area (Å²) in [5, 5.41) is 3.21. The largest absolute Gasteiger partial charge is 0.492 e. The van der Waals surface area contributed by atoms with E-state index in [0.717, 1.165) is 5.56 Å². The molecule has 1 amide bonds. The van der Waals surface area contributed by atoms with Gasteiger partial charge < -0.3 is 19.7 Å². The van der Waals surface area contributed by atoms with Gasteiger partial charge in [0, 0.05) is 34.3 Å². The molecule has 4 aromatic rings. The van der Waals surface area contributed by atoms with Gasteiger partial charge in [-0.25, -0.2) is 9.18 Å². The van der Waals surface area contributed by atoms with Crippen LogP contribution < -0.4 is 15.0 Å². The number of halogens is 1. The van der Waals surface area contributed by atoms with Gasteiger partial charge in [0.2, 0.25) is 5.91 Å². The lowest BCUT2D eigenvalue weighted by molar-refractivity contribution is -0.141. The number of ketones is 1. The summed E-state index contributed by atoms with van der Waals surface area (Å²) in [5.41, 5.74) is 2.19. The molecule has 0 saturated carbocycles. The topological polar surface area (TPSA) is 84.9 Å². The van der Waals surface area contributed by atoms with Crippen molar-refractivity contribution in [3.8, 4) is 5.75 Å². The summed E-state index contributed by atoms with van der Waals surface area (Å²) < 4.78 is 24.9. The molecule has 0 fully saturated rings. The van der Waals surface area contributed by atoms with Crippen LogP contribution >= 0.6 is 0 Å². The lowest BCUT2D eigenvalue weighted by Gasteiger charge is -2.29. The number of methoxy groups -OCH3 is 1. The number of nitrogens with zero attached hydrogens (tertiary/aromatic N) is 1. The molecule has 0 aromatic heterocycles. The third-order valence-electron chi connectivity index (χ3n) is 6.98. The van der Waals surface area contributed by atoms with E-state index in [9.17, 15) is 18.8 Å². The molecular formula is C36H37FN2O5. The van der Waals surface area contributed by atoms with Crippen LogP contribution in [-0.4, -0.2) is 44.0 Å². The van der Waals surface area contributed by atoms with Crippen LogP contribution in [0, 0.1) is 11.2 Å². The number of ether oxygens (including phenoxy) is 2. The van der Waals surface area contributed by atoms with Gasteiger partial charge in [-0.15, -0.1) is 0 Å². The van der Waals surface area contributed by atoms with Crippen molar-refractivity contribution >= 4 is 29.0 Å². The number of hydrogen-bond acceptors (Lipinski definition) is 6. The number of nitrogens with one attached hydrogen (secondary N) is 1. The van der Waals surface area contributed by atoms with Gasteiger partial charge in [-0.2, -0.15) is 0 Å². The molecule has 0 heterocycles. The molecule has 0 aliphatic heterocycles. The van der Waals surface area contributed by atoms with Crippen LogP contribution in [0.2, 0.25) is 0 Å². The number of rotatable bonds is 12. The number of benzene rings is 4. The number of hydrogen-bond donors (Lipinski definition) is 1. The minimum atomic E-state index is -0.750. The van der Waals surface area contributed by atoms with E-state index in [-0.39, 0.29) is 24.8 Å². The predicted molar refractivity (Wildman–Crippen MR) is 170 cm³/mol. The molecule has 0 saturated heterocycles. The number of amides is 1. The van der Waals surface area contributed by atoms with Crippen LogP contribution in [-0.2, 0) is 20.7 Å². The van der Waals surface area contributed by atoms with Crippen molar-refractivity contribution in [3.05, 3.63) is 126 Å². The number of carbonyl (C=O) groups is 3. The maximum absolute atomic E-state index is 13.9. The van der Waals surface area contributed by atoms with Gasteiger partial charge in [-0.3, -0.25) is 9.59 Å². The summed E-state index contributed by atoms with van der Waals surface area (Å²) in [6, 6.07) is 28.5. The lowest BCUT2D eigenvalue weighted by Crippen LogP contribution is -2.42. The maximum Gasteiger partial charge on any atom is 0.328 e. The molecule has 7 nitrogen and oxygen atoms in total. The highest BCUT2D eigenvalue weighted by Gasteiger charge is 2.28. The van der Waals surface area contributed by atoms with E-state index in [1.165, 1.54) is 24.1 Å². The highest BCUT2D eigenvalue weighted by molar-refractivity contribution is 6.12. The zero-order chi connectivity index (χ0) is 31.7. The summed E-state index contributed by atoms with van der Waals surface area (Å²) in [6.45, 7) is 5.87. The molecule has 228 valence electrons. The minimum absolute atomic E-state index is 0.143. The Bertz CT molecular complexity index is 1580. The van der Waals surface area contributed by atoms with E-state index >= 15 is 0 Å². The summed E-state index contributed by atoms with van der Waals surface area (Å²) in [4.78, 5) is 40.6. The number of esters is 1. The number of anilines is 2. The molecule has 0 spiro atoms. The smallest absolute Gasteiger partial charge is 0.328 e. The van der Waals surface area contributed by atoms with Crippen LogP contribution in [0.25, 0.3) is 0 Å². The second-order valence-electron chi connectivity index (χ2n) is 11.3. The van der Waals surface area contributed by atoms with Crippen molar-refractivity contribution < 1.29 is 28.2 Å². The molecule has 0 aliphatic carbocycles. The Labute approximate surface area is 257 Å². The summed E-state index contributed by atoms with van der Waals surface area (Å²) >= 11 is 0. The van der Waals surface area contributed by atoms with Crippen molar-refractivity contribution in [3.63, 3.8) is 0 Å². The number of para-hydroxylation sites is 1. The monoisotopic (exact) mass is 596 g/mol. The first-order chi connectivity index (χ1) is 21.1. The fourth-order valence-corrected chi connectivity index (χ4v) is 4.68. The van der Waals surface area contributed by atoms with Crippen molar-refractivity contribution in [1.82, 2.24) is 0 Å². The van der Waals surface area contributed by atoms with Gasteiger partial charge in [0.05, 0.1) is 13.7 Å². The van der Waals surface area contributed by atoms with Crippen LogP contribution in [0.4, 0.5) is 15.8 Å². The average molecular weight is 597 g/mol. The van der Waals surface area contributed by atoms with Gasteiger partial charge in [0.15, 0.2) is 5.78 Å². The van der Waals surface area contributed by atoms with Crippen molar-refractivity contribution in [2.75, 3.05) is 30.5 Å². The summed E-state index contributed by atoms with van der Waals surface area (Å²) in [6.07, 6.45) is 0.300. The molecule has 8 heteroatoms. The summed E-state index contributed by atoms with van der Waals surface area (Å²) in [7, 11) is 1.33. The zero-order valence-corrected chi connectivity index (χ0v) is 25.4. The quantitative estimate of drug-likeness (QED) is 0.145. The first-order valence-corrected chi connectivity index (χ1v) is 14.4. The Morgan fingerprint density at radius 1 is 0.864 bits per heavy atom. The number of carbonyl (C=O) groups excluding carboxylic acids is 3.